The zero-order chi connectivity index (χ0) is 58.1. The van der Waals surface area contributed by atoms with Gasteiger partial charge in [-0.15, -0.1) is 0 Å². The third-order valence-corrected chi connectivity index (χ3v) is 18.3. The molecule has 414 valence electrons. The maximum atomic E-state index is 13.3. The molecule has 27 heteroatoms. The number of nitrogens with zero attached hydrogens (tertiary/aromatic N) is 8. The summed E-state index contributed by atoms with van der Waals surface area (Å²) in [6.45, 7) is 3.40. The molecule has 0 atom stereocenters. The summed E-state index contributed by atoms with van der Waals surface area (Å²) < 4.78 is 82.5. The Morgan fingerprint density at radius 2 is 0.775 bits per heavy atom. The Bertz CT molecular complexity index is 4170. The highest BCUT2D eigenvalue weighted by Gasteiger charge is 2.29. The van der Waals surface area contributed by atoms with E-state index in [9.17, 15) is 35.2 Å². The molecular weight excluding hydrogens is 1170 g/mol. The highest BCUT2D eigenvalue weighted by Crippen LogP contribution is 2.36. The van der Waals surface area contributed by atoms with Crippen LogP contribution >= 0.6 is 46.4 Å². The van der Waals surface area contributed by atoms with Gasteiger partial charge in [-0.2, -0.15) is 9.98 Å². The number of para-hydroxylation sites is 3. The molecule has 20 nitrogen and oxygen atoms in total. The maximum absolute atomic E-state index is 13.3. The topological polar surface area (TPSA) is 317 Å². The average molecular weight is 1220 g/mol. The van der Waals surface area contributed by atoms with Crippen molar-refractivity contribution in [1.29, 1.82) is 0 Å². The molecule has 0 bridgehead atoms. The van der Waals surface area contributed by atoms with Crippen molar-refractivity contribution in [2.45, 2.75) is 28.5 Å². The standard InChI is InChI=1S/C18H16ClN5O4S.C18H18ClN5O2S.C17H14Cl2N2O2S/c19-15-9-22-17(23-18(20)21)14-8-12(6-7-13(14)15)29(27,28)24(10-16(25)26)11-4-2-1-3-5-11;1-2-24(12-6-4-3-5-7-12)27(25,26)13-8-9-14-15(10-13)17(23-18(20)21)22-11-16(14)19;1-2-21(12-6-4-3-5-7-12)24(22,23)13-8-9-14-15(10-13)17(19)20-11-16(14)18/h1-9H,10H2,(H,25,26)(H4,20,21,22,23);3-11H,2H2,1H3,(H4,20,21,22,23);3-11H,2H2,1H3. The van der Waals surface area contributed by atoms with Crippen molar-refractivity contribution in [2.75, 3.05) is 32.5 Å². The highest BCUT2D eigenvalue weighted by atomic mass is 35.5. The summed E-state index contributed by atoms with van der Waals surface area (Å²) in [6, 6.07) is 39.2. The molecule has 0 spiro atoms. The Morgan fingerprint density at radius 3 is 1.11 bits per heavy atom. The lowest BCUT2D eigenvalue weighted by molar-refractivity contribution is -0.135. The molecule has 0 saturated carbocycles. The SMILES string of the molecule is CCN(c1ccccc1)S(=O)(=O)c1ccc2c(Cl)cnc(Cl)c2c1.CCN(c1ccccc1)S(=O)(=O)c1ccc2c(Cl)cnc(N=C(N)N)c2c1.NC(N)=Nc1ncc(Cl)c2ccc(S(=O)(=O)N(CC(=O)O)c3ccccc3)cc12. The lowest BCUT2D eigenvalue weighted by atomic mass is 10.1. The minimum Gasteiger partial charge on any atom is -0.480 e. The van der Waals surface area contributed by atoms with Crippen molar-refractivity contribution in [3.05, 3.63) is 184 Å². The fraction of sp³-hybridized carbons (Fsp3) is 0.0943. The first-order valence-corrected chi connectivity index (χ1v) is 29.4. The molecule has 0 aliphatic heterocycles. The van der Waals surface area contributed by atoms with Gasteiger partial charge < -0.3 is 28.0 Å². The second-order valence-electron chi connectivity index (χ2n) is 16.7. The van der Waals surface area contributed by atoms with Crippen molar-refractivity contribution < 1.29 is 35.2 Å². The Kier molecular flexibility index (Phi) is 18.9. The van der Waals surface area contributed by atoms with E-state index in [0.717, 1.165) is 4.31 Å². The van der Waals surface area contributed by atoms with E-state index in [-0.39, 0.29) is 60.6 Å². The molecular formula is C53H48Cl4N12O8S3. The van der Waals surface area contributed by atoms with E-state index in [1.807, 2.05) is 12.1 Å². The van der Waals surface area contributed by atoms with Gasteiger partial charge in [-0.05, 0) is 86.6 Å². The number of carboxylic acid groups (broad SMARTS) is 1. The molecule has 0 aliphatic rings. The van der Waals surface area contributed by atoms with Crippen LogP contribution in [-0.2, 0) is 34.9 Å². The number of aromatic nitrogens is 3. The van der Waals surface area contributed by atoms with Crippen LogP contribution in [0.15, 0.2) is 189 Å². The molecule has 3 aromatic heterocycles. The largest absolute Gasteiger partial charge is 0.480 e. The van der Waals surface area contributed by atoms with Crippen LogP contribution in [-0.4, -0.2) is 82.8 Å². The predicted octanol–water partition coefficient (Wildman–Crippen LogP) is 9.84. The Balaban J connectivity index is 0.000000174. The molecule has 0 unspecified atom stereocenters. The van der Waals surface area contributed by atoms with Crippen molar-refractivity contribution in [2.24, 2.45) is 32.9 Å². The molecule has 9 N–H and O–H groups in total. The second kappa shape index (κ2) is 25.4. The summed E-state index contributed by atoms with van der Waals surface area (Å²) in [4.78, 5) is 31.4. The molecule has 0 aliphatic carbocycles. The van der Waals surface area contributed by atoms with Crippen LogP contribution in [0, 0.1) is 0 Å². The van der Waals surface area contributed by atoms with Crippen LogP contribution in [0.2, 0.25) is 20.2 Å². The van der Waals surface area contributed by atoms with Gasteiger partial charge in [0.05, 0.1) is 46.8 Å². The fourth-order valence-electron chi connectivity index (χ4n) is 7.99. The Morgan fingerprint density at radius 1 is 0.463 bits per heavy atom. The highest BCUT2D eigenvalue weighted by molar-refractivity contribution is 7.93. The van der Waals surface area contributed by atoms with Crippen LogP contribution in [0.4, 0.5) is 28.7 Å². The van der Waals surface area contributed by atoms with E-state index in [2.05, 4.69) is 24.9 Å². The lowest BCUT2D eigenvalue weighted by Gasteiger charge is -2.23. The van der Waals surface area contributed by atoms with Gasteiger partial charge in [0.15, 0.2) is 23.6 Å². The number of fused-ring (bicyclic) bond motifs is 3. The summed E-state index contributed by atoms with van der Waals surface area (Å²) in [5.41, 5.74) is 23.1. The smallest absolute Gasteiger partial charge is 0.324 e. The molecule has 0 saturated heterocycles. The number of carboxylic acids is 1. The zero-order valence-corrected chi connectivity index (χ0v) is 47.6. The summed E-state index contributed by atoms with van der Waals surface area (Å²) >= 11 is 24.5. The van der Waals surface area contributed by atoms with E-state index < -0.39 is 42.6 Å². The normalized spacial score (nSPS) is 11.4. The van der Waals surface area contributed by atoms with E-state index in [0.29, 0.717) is 60.3 Å². The third kappa shape index (κ3) is 13.3. The molecule has 9 rings (SSSR count). The number of guanidine groups is 2. The van der Waals surface area contributed by atoms with Crippen molar-refractivity contribution in [3.63, 3.8) is 0 Å². The minimum atomic E-state index is -4.23. The molecule has 0 fully saturated rings. The van der Waals surface area contributed by atoms with E-state index in [1.165, 1.54) is 81.8 Å². The number of rotatable bonds is 15. The number of aliphatic carboxylic acids is 1. The second-order valence-corrected chi connectivity index (χ2v) is 23.9. The van der Waals surface area contributed by atoms with Gasteiger partial charge in [0, 0.05) is 64.0 Å². The van der Waals surface area contributed by atoms with Crippen LogP contribution < -0.4 is 35.9 Å². The van der Waals surface area contributed by atoms with Gasteiger partial charge in [-0.25, -0.2) is 40.2 Å². The first-order chi connectivity index (χ1) is 38.0. The monoisotopic (exact) mass is 1220 g/mol. The Hall–Kier alpha value is -8.03. The molecule has 9 aromatic rings. The minimum absolute atomic E-state index is 0.0888. The first kappa shape index (κ1) is 59.6. The molecule has 3 heterocycles. The number of anilines is 3. The number of hydrogen-bond acceptors (Lipinski definition) is 12. The van der Waals surface area contributed by atoms with Gasteiger partial charge in [-0.1, -0.05) is 119 Å². The van der Waals surface area contributed by atoms with Gasteiger partial charge in [0.25, 0.3) is 30.1 Å². The van der Waals surface area contributed by atoms with Crippen molar-refractivity contribution in [3.8, 4) is 0 Å². The summed E-state index contributed by atoms with van der Waals surface area (Å²) in [7, 11) is -11.8. The first-order valence-electron chi connectivity index (χ1n) is 23.5. The number of hydrogen-bond donors (Lipinski definition) is 5. The van der Waals surface area contributed by atoms with Crippen LogP contribution in [0.25, 0.3) is 32.3 Å². The lowest BCUT2D eigenvalue weighted by Crippen LogP contribution is -2.35. The summed E-state index contributed by atoms with van der Waals surface area (Å²) in [5, 5.41) is 13.5. The Labute approximate surface area is 480 Å². The number of pyridine rings is 3. The van der Waals surface area contributed by atoms with Crippen LogP contribution in [0.3, 0.4) is 0 Å². The van der Waals surface area contributed by atoms with Gasteiger partial charge in [0.2, 0.25) is 0 Å². The van der Waals surface area contributed by atoms with Crippen molar-refractivity contribution >= 4 is 155 Å². The summed E-state index contributed by atoms with van der Waals surface area (Å²) in [6.07, 6.45) is 4.21. The van der Waals surface area contributed by atoms with E-state index >= 15 is 0 Å². The molecule has 6 aromatic carbocycles. The van der Waals surface area contributed by atoms with Crippen LogP contribution in [0.5, 0.6) is 0 Å². The fourth-order valence-corrected chi connectivity index (χ4v) is 13.3. The predicted molar refractivity (Wildman–Crippen MR) is 318 cm³/mol. The number of sulfonamides is 3. The molecule has 80 heavy (non-hydrogen) atoms. The summed E-state index contributed by atoms with van der Waals surface area (Å²) in [5.74, 6) is -1.45. The number of halogens is 4. The van der Waals surface area contributed by atoms with Gasteiger partial charge >= 0.3 is 5.97 Å². The quantitative estimate of drug-likeness (QED) is 0.0362. The molecule has 0 amide bonds. The van der Waals surface area contributed by atoms with Crippen LogP contribution in [0.1, 0.15) is 13.8 Å². The average Bonchev–Trinajstić information content (AvgIpc) is 3.46. The number of carbonyl (C=O) groups is 1. The van der Waals surface area contributed by atoms with Crippen molar-refractivity contribution in [1.82, 2.24) is 15.0 Å². The third-order valence-electron chi connectivity index (χ3n) is 11.6. The van der Waals surface area contributed by atoms with Gasteiger partial charge in [0.1, 0.15) is 11.7 Å². The zero-order valence-electron chi connectivity index (χ0n) is 42.1. The number of nitrogens with two attached hydrogens (primary N) is 4. The van der Waals surface area contributed by atoms with E-state index in [4.69, 9.17) is 69.3 Å². The van der Waals surface area contributed by atoms with E-state index in [1.54, 1.807) is 92.7 Å². The number of benzene rings is 6. The van der Waals surface area contributed by atoms with Gasteiger partial charge in [-0.3, -0.25) is 17.7 Å². The molecule has 0 radical (unpaired) electrons. The maximum Gasteiger partial charge on any atom is 0.324 e. The number of aliphatic imine (C=N–C) groups is 2.